The first-order valence-electron chi connectivity index (χ1n) is 7.37. The van der Waals surface area contributed by atoms with E-state index in [1.165, 1.54) is 18.9 Å². The molecule has 1 aromatic heterocycles. The molecule has 1 N–H and O–H groups in total. The number of methoxy groups -OCH3 is 1. The van der Waals surface area contributed by atoms with Crippen molar-refractivity contribution in [1.82, 2.24) is 9.97 Å². The number of anilines is 1. The SMILES string of the molecule is COc1cc(Cl)c(C)cc1NC(=O)CSc1nc(C)nc(C)c1C#N. The molecule has 8 heteroatoms. The normalized spacial score (nSPS) is 10.2. The zero-order chi connectivity index (χ0) is 18.6. The molecule has 0 bridgehead atoms. The lowest BCUT2D eigenvalue weighted by molar-refractivity contribution is -0.113. The minimum atomic E-state index is -0.233. The Bertz CT molecular complexity index is 865. The number of carbonyl (C=O) groups is 1. The number of amides is 1. The standard InChI is InChI=1S/C17H17ClN4O2S/c1-9-5-14(15(24-4)6-13(9)18)22-16(23)8-25-17-12(7-19)10(2)20-11(3)21-17/h5-6H,8H2,1-4H3,(H,22,23). The van der Waals surface area contributed by atoms with E-state index in [1.807, 2.05) is 6.92 Å². The summed E-state index contributed by atoms with van der Waals surface area (Å²) in [7, 11) is 1.51. The summed E-state index contributed by atoms with van der Waals surface area (Å²) in [4.78, 5) is 20.7. The molecule has 0 saturated carbocycles. The van der Waals surface area contributed by atoms with Gasteiger partial charge in [0.15, 0.2) is 0 Å². The zero-order valence-corrected chi connectivity index (χ0v) is 15.9. The Balaban J connectivity index is 2.13. The summed E-state index contributed by atoms with van der Waals surface area (Å²) in [5.74, 6) is 0.924. The average Bonchev–Trinajstić information content (AvgIpc) is 2.55. The number of benzene rings is 1. The van der Waals surface area contributed by atoms with Crippen LogP contribution in [0.2, 0.25) is 5.02 Å². The third-order valence-electron chi connectivity index (χ3n) is 3.38. The molecule has 1 heterocycles. The highest BCUT2D eigenvalue weighted by Gasteiger charge is 2.14. The van der Waals surface area contributed by atoms with Gasteiger partial charge in [0.2, 0.25) is 5.91 Å². The van der Waals surface area contributed by atoms with Crippen LogP contribution in [0.4, 0.5) is 5.69 Å². The van der Waals surface area contributed by atoms with Gasteiger partial charge in [-0.2, -0.15) is 5.26 Å². The summed E-state index contributed by atoms with van der Waals surface area (Å²) in [6.45, 7) is 5.34. The Morgan fingerprint density at radius 2 is 2.08 bits per heavy atom. The predicted molar refractivity (Wildman–Crippen MR) is 98.3 cm³/mol. The van der Waals surface area contributed by atoms with Crippen LogP contribution in [-0.4, -0.2) is 28.7 Å². The first kappa shape index (κ1) is 19.0. The molecular weight excluding hydrogens is 360 g/mol. The second-order valence-corrected chi connectivity index (χ2v) is 6.66. The molecule has 1 amide bonds. The van der Waals surface area contributed by atoms with Crippen LogP contribution >= 0.6 is 23.4 Å². The Morgan fingerprint density at radius 1 is 1.36 bits per heavy atom. The number of ether oxygens (including phenoxy) is 1. The first-order chi connectivity index (χ1) is 11.8. The second-order valence-electron chi connectivity index (χ2n) is 5.29. The molecule has 0 atom stereocenters. The van der Waals surface area contributed by atoms with Crippen molar-refractivity contribution in [2.24, 2.45) is 0 Å². The van der Waals surface area contributed by atoms with Gasteiger partial charge in [0.25, 0.3) is 0 Å². The Kier molecular flexibility index (Phi) is 6.23. The summed E-state index contributed by atoms with van der Waals surface area (Å²) in [5, 5.41) is 13.1. The average molecular weight is 377 g/mol. The van der Waals surface area contributed by atoms with Crippen molar-refractivity contribution >= 4 is 35.0 Å². The van der Waals surface area contributed by atoms with E-state index in [0.29, 0.717) is 38.6 Å². The molecule has 0 fully saturated rings. The maximum absolute atomic E-state index is 12.3. The molecule has 2 aromatic rings. The van der Waals surface area contributed by atoms with Crippen LogP contribution in [0.15, 0.2) is 17.2 Å². The zero-order valence-electron chi connectivity index (χ0n) is 14.3. The minimum Gasteiger partial charge on any atom is -0.495 e. The third kappa shape index (κ3) is 4.62. The van der Waals surface area contributed by atoms with Crippen molar-refractivity contribution in [1.29, 1.82) is 5.26 Å². The van der Waals surface area contributed by atoms with Crippen LogP contribution < -0.4 is 10.1 Å². The number of halogens is 1. The van der Waals surface area contributed by atoms with E-state index in [2.05, 4.69) is 21.4 Å². The van der Waals surface area contributed by atoms with Gasteiger partial charge in [-0.3, -0.25) is 4.79 Å². The number of aryl methyl sites for hydroxylation is 3. The number of aromatic nitrogens is 2. The van der Waals surface area contributed by atoms with Crippen molar-refractivity contribution in [2.45, 2.75) is 25.8 Å². The monoisotopic (exact) mass is 376 g/mol. The maximum atomic E-state index is 12.3. The van der Waals surface area contributed by atoms with Gasteiger partial charge in [-0.25, -0.2) is 9.97 Å². The molecule has 25 heavy (non-hydrogen) atoms. The van der Waals surface area contributed by atoms with E-state index in [1.54, 1.807) is 26.0 Å². The van der Waals surface area contributed by atoms with Crippen molar-refractivity contribution in [3.05, 3.63) is 39.8 Å². The second kappa shape index (κ2) is 8.19. The maximum Gasteiger partial charge on any atom is 0.234 e. The smallest absolute Gasteiger partial charge is 0.234 e. The van der Waals surface area contributed by atoms with E-state index in [9.17, 15) is 10.1 Å². The van der Waals surface area contributed by atoms with Crippen molar-refractivity contribution in [2.75, 3.05) is 18.2 Å². The number of nitrogens with one attached hydrogen (secondary N) is 1. The molecule has 0 aliphatic heterocycles. The van der Waals surface area contributed by atoms with Gasteiger partial charge in [-0.15, -0.1) is 0 Å². The van der Waals surface area contributed by atoms with E-state index in [0.717, 1.165) is 5.56 Å². The van der Waals surface area contributed by atoms with Crippen molar-refractivity contribution in [3.63, 3.8) is 0 Å². The quantitative estimate of drug-likeness (QED) is 0.632. The van der Waals surface area contributed by atoms with Crippen LogP contribution in [0.25, 0.3) is 0 Å². The van der Waals surface area contributed by atoms with Gasteiger partial charge >= 0.3 is 0 Å². The number of carbonyl (C=O) groups excluding carboxylic acids is 1. The van der Waals surface area contributed by atoms with Crippen LogP contribution in [0.1, 0.15) is 22.6 Å². The fourth-order valence-electron chi connectivity index (χ4n) is 2.16. The van der Waals surface area contributed by atoms with E-state index < -0.39 is 0 Å². The molecular formula is C17H17ClN4O2S. The third-order valence-corrected chi connectivity index (χ3v) is 4.76. The molecule has 0 unspecified atom stereocenters. The molecule has 0 aliphatic rings. The summed E-state index contributed by atoms with van der Waals surface area (Å²) < 4.78 is 5.24. The molecule has 2 rings (SSSR count). The van der Waals surface area contributed by atoms with Gasteiger partial charge < -0.3 is 10.1 Å². The van der Waals surface area contributed by atoms with Crippen LogP contribution in [-0.2, 0) is 4.79 Å². The molecule has 130 valence electrons. The number of nitriles is 1. The lowest BCUT2D eigenvalue weighted by Crippen LogP contribution is -2.15. The predicted octanol–water partition coefficient (Wildman–Crippen LogP) is 3.67. The molecule has 0 aliphatic carbocycles. The number of hydrogen-bond donors (Lipinski definition) is 1. The summed E-state index contributed by atoms with van der Waals surface area (Å²) in [5.41, 5.74) is 2.38. The van der Waals surface area contributed by atoms with Gasteiger partial charge in [-0.1, -0.05) is 23.4 Å². The van der Waals surface area contributed by atoms with Crippen LogP contribution in [0, 0.1) is 32.1 Å². The molecule has 0 radical (unpaired) electrons. The molecule has 6 nitrogen and oxygen atoms in total. The lowest BCUT2D eigenvalue weighted by atomic mass is 10.2. The first-order valence-corrected chi connectivity index (χ1v) is 8.74. The molecule has 0 saturated heterocycles. The van der Waals surface area contributed by atoms with E-state index >= 15 is 0 Å². The van der Waals surface area contributed by atoms with Gasteiger partial charge in [0, 0.05) is 11.1 Å². The lowest BCUT2D eigenvalue weighted by Gasteiger charge is -2.12. The van der Waals surface area contributed by atoms with Gasteiger partial charge in [0.05, 0.1) is 24.2 Å². The minimum absolute atomic E-state index is 0.107. The number of rotatable bonds is 5. The van der Waals surface area contributed by atoms with Crippen LogP contribution in [0.3, 0.4) is 0 Å². The number of thioether (sulfide) groups is 1. The molecule has 0 spiro atoms. The van der Waals surface area contributed by atoms with Gasteiger partial charge in [0.1, 0.15) is 28.2 Å². The molecule has 1 aromatic carbocycles. The van der Waals surface area contributed by atoms with E-state index in [4.69, 9.17) is 16.3 Å². The largest absolute Gasteiger partial charge is 0.495 e. The Morgan fingerprint density at radius 3 is 2.72 bits per heavy atom. The summed E-state index contributed by atoms with van der Waals surface area (Å²) >= 11 is 7.26. The fourth-order valence-corrected chi connectivity index (χ4v) is 3.19. The fraction of sp³-hybridized carbons (Fsp3) is 0.294. The Hall–Kier alpha value is -2.30. The van der Waals surface area contributed by atoms with Crippen molar-refractivity contribution in [3.8, 4) is 11.8 Å². The van der Waals surface area contributed by atoms with E-state index in [-0.39, 0.29) is 11.7 Å². The van der Waals surface area contributed by atoms with Gasteiger partial charge in [-0.05, 0) is 32.4 Å². The highest BCUT2D eigenvalue weighted by atomic mass is 35.5. The Labute approximate surface area is 155 Å². The highest BCUT2D eigenvalue weighted by Crippen LogP contribution is 2.31. The van der Waals surface area contributed by atoms with Crippen molar-refractivity contribution < 1.29 is 9.53 Å². The number of nitrogens with zero attached hydrogens (tertiary/aromatic N) is 3. The summed E-state index contributed by atoms with van der Waals surface area (Å²) in [6, 6.07) is 5.49. The highest BCUT2D eigenvalue weighted by molar-refractivity contribution is 8.00. The topological polar surface area (TPSA) is 87.9 Å². The summed E-state index contributed by atoms with van der Waals surface area (Å²) in [6.07, 6.45) is 0. The number of hydrogen-bond acceptors (Lipinski definition) is 6. The van der Waals surface area contributed by atoms with Crippen LogP contribution in [0.5, 0.6) is 5.75 Å².